The number of hydrogen-bond acceptors (Lipinski definition) is 3. The van der Waals surface area contributed by atoms with Crippen LogP contribution in [0, 0.1) is 0 Å². The predicted octanol–water partition coefficient (Wildman–Crippen LogP) is 2.89. The summed E-state index contributed by atoms with van der Waals surface area (Å²) in [5, 5.41) is 0.423. The topological polar surface area (TPSA) is 43.4 Å². The van der Waals surface area contributed by atoms with E-state index in [0.29, 0.717) is 15.5 Å². The molecular formula is C12H13ClO3S. The molecule has 5 heteroatoms. The number of hydrogen-bond donors (Lipinski definition) is 0. The summed E-state index contributed by atoms with van der Waals surface area (Å²) in [6.45, 7) is 3.84. The fourth-order valence-electron chi connectivity index (χ4n) is 1.62. The van der Waals surface area contributed by atoms with Crippen LogP contribution >= 0.6 is 11.6 Å². The van der Waals surface area contributed by atoms with Crippen molar-refractivity contribution in [2.45, 2.75) is 24.8 Å². The smallest absolute Gasteiger partial charge is 0.205 e. The number of sulfone groups is 1. The highest BCUT2D eigenvalue weighted by Crippen LogP contribution is 2.34. The van der Waals surface area contributed by atoms with E-state index in [1.54, 1.807) is 18.2 Å². The Morgan fingerprint density at radius 2 is 2.06 bits per heavy atom. The van der Waals surface area contributed by atoms with Gasteiger partial charge in [-0.15, -0.1) is 0 Å². The Labute approximate surface area is 106 Å². The molecule has 0 spiro atoms. The minimum Gasteiger partial charge on any atom is -0.373 e. The lowest BCUT2D eigenvalue weighted by atomic mass is 10.2. The molecule has 1 aromatic rings. The Morgan fingerprint density at radius 1 is 1.35 bits per heavy atom. The normalized spacial score (nSPS) is 17.1. The van der Waals surface area contributed by atoms with E-state index in [0.717, 1.165) is 0 Å². The molecule has 0 atom stereocenters. The third-order valence-electron chi connectivity index (χ3n) is 2.49. The maximum absolute atomic E-state index is 12.1. The van der Waals surface area contributed by atoms with Gasteiger partial charge in [0, 0.05) is 5.02 Å². The van der Waals surface area contributed by atoms with E-state index in [2.05, 4.69) is 0 Å². The van der Waals surface area contributed by atoms with Gasteiger partial charge < -0.3 is 4.74 Å². The van der Waals surface area contributed by atoms with E-state index in [9.17, 15) is 8.42 Å². The summed E-state index contributed by atoms with van der Waals surface area (Å²) in [7, 11) is -3.41. The number of ether oxygens (including phenoxy) is 1. The predicted molar refractivity (Wildman–Crippen MR) is 67.7 cm³/mol. The van der Waals surface area contributed by atoms with Crippen molar-refractivity contribution >= 4 is 27.5 Å². The van der Waals surface area contributed by atoms with Crippen LogP contribution in [0.5, 0.6) is 0 Å². The molecule has 0 saturated carbocycles. The largest absolute Gasteiger partial charge is 0.373 e. The van der Waals surface area contributed by atoms with Crippen molar-refractivity contribution in [3.63, 3.8) is 0 Å². The molecule has 1 aromatic carbocycles. The molecule has 0 unspecified atom stereocenters. The zero-order valence-corrected chi connectivity index (χ0v) is 11.2. The first kappa shape index (κ1) is 12.6. The third kappa shape index (κ3) is 2.39. The minimum atomic E-state index is -3.41. The van der Waals surface area contributed by atoms with Gasteiger partial charge >= 0.3 is 0 Å². The fourth-order valence-corrected chi connectivity index (χ4v) is 3.36. The van der Waals surface area contributed by atoms with Crippen LogP contribution in [0.4, 0.5) is 0 Å². The zero-order chi connectivity index (χ0) is 12.6. The van der Waals surface area contributed by atoms with Gasteiger partial charge in [0.2, 0.25) is 9.84 Å². The van der Waals surface area contributed by atoms with E-state index in [1.807, 2.05) is 13.8 Å². The molecule has 0 aromatic heterocycles. The Hall–Kier alpha value is -0.840. The van der Waals surface area contributed by atoms with Crippen molar-refractivity contribution in [1.82, 2.24) is 0 Å². The summed E-state index contributed by atoms with van der Waals surface area (Å²) in [5.41, 5.74) is 0.678. The summed E-state index contributed by atoms with van der Waals surface area (Å²) < 4.78 is 29.6. The molecule has 0 aliphatic carbocycles. The summed E-state index contributed by atoms with van der Waals surface area (Å²) in [6, 6.07) is 4.86. The van der Waals surface area contributed by atoms with Crippen LogP contribution in [0.15, 0.2) is 28.0 Å². The second-order valence-electron chi connectivity index (χ2n) is 4.16. The molecule has 1 aliphatic rings. The van der Waals surface area contributed by atoms with E-state index < -0.39 is 9.84 Å². The van der Waals surface area contributed by atoms with Gasteiger partial charge in [-0.3, -0.25) is 0 Å². The van der Waals surface area contributed by atoms with Crippen LogP contribution in [-0.2, 0) is 14.6 Å². The highest BCUT2D eigenvalue weighted by Gasteiger charge is 2.29. The summed E-state index contributed by atoms with van der Waals surface area (Å²) >= 11 is 5.81. The number of halogens is 1. The first-order chi connectivity index (χ1) is 7.91. The minimum absolute atomic E-state index is 0.00148. The van der Waals surface area contributed by atoms with Crippen LogP contribution in [0.1, 0.15) is 19.4 Å². The van der Waals surface area contributed by atoms with Crippen molar-refractivity contribution in [3.8, 4) is 0 Å². The average Bonchev–Trinajstić information content (AvgIpc) is 2.48. The van der Waals surface area contributed by atoms with Crippen molar-refractivity contribution < 1.29 is 13.2 Å². The van der Waals surface area contributed by atoms with Crippen LogP contribution in [-0.4, -0.2) is 21.1 Å². The van der Waals surface area contributed by atoms with Gasteiger partial charge in [0.05, 0.1) is 22.5 Å². The quantitative estimate of drug-likeness (QED) is 0.850. The van der Waals surface area contributed by atoms with Gasteiger partial charge in [0.15, 0.2) is 0 Å². The molecule has 1 heterocycles. The van der Waals surface area contributed by atoms with Gasteiger partial charge in [-0.1, -0.05) is 17.7 Å². The van der Waals surface area contributed by atoms with Crippen molar-refractivity contribution in [2.24, 2.45) is 0 Å². The number of rotatable bonds is 3. The maximum Gasteiger partial charge on any atom is 0.205 e. The van der Waals surface area contributed by atoms with E-state index in [-0.39, 0.29) is 17.6 Å². The van der Waals surface area contributed by atoms with Gasteiger partial charge in [0.1, 0.15) is 0 Å². The lowest BCUT2D eigenvalue weighted by Crippen LogP contribution is -2.10. The fraction of sp³-hybridized carbons (Fsp3) is 0.333. The summed E-state index contributed by atoms with van der Waals surface area (Å²) in [4.78, 5) is 0.566. The van der Waals surface area contributed by atoms with Crippen molar-refractivity contribution in [2.75, 3.05) is 6.61 Å². The summed E-state index contributed by atoms with van der Waals surface area (Å²) in [5.74, 6) is 0. The molecule has 0 fully saturated rings. The van der Waals surface area contributed by atoms with Gasteiger partial charge in [-0.2, -0.15) is 0 Å². The first-order valence-corrected chi connectivity index (χ1v) is 7.14. The molecule has 0 bridgehead atoms. The molecule has 0 N–H and O–H groups in total. The molecule has 92 valence electrons. The number of benzene rings is 1. The monoisotopic (exact) mass is 272 g/mol. The van der Waals surface area contributed by atoms with Crippen LogP contribution in [0.25, 0.3) is 6.08 Å². The highest BCUT2D eigenvalue weighted by molar-refractivity contribution is 7.95. The van der Waals surface area contributed by atoms with E-state index >= 15 is 0 Å². The van der Waals surface area contributed by atoms with Crippen LogP contribution in [0.2, 0.25) is 5.02 Å². The number of fused-ring (bicyclic) bond motifs is 1. The van der Waals surface area contributed by atoms with Gasteiger partial charge in [0.25, 0.3) is 0 Å². The third-order valence-corrected chi connectivity index (χ3v) is 4.58. The lowest BCUT2D eigenvalue weighted by Gasteiger charge is -2.08. The molecule has 1 aliphatic heterocycles. The molecule has 0 radical (unpaired) electrons. The average molecular weight is 273 g/mol. The Kier molecular flexibility index (Phi) is 3.30. The molecule has 17 heavy (non-hydrogen) atoms. The summed E-state index contributed by atoms with van der Waals surface area (Å²) in [6.07, 6.45) is 1.64. The maximum atomic E-state index is 12.1. The Balaban J connectivity index is 2.36. The molecule has 3 nitrogen and oxygen atoms in total. The van der Waals surface area contributed by atoms with Gasteiger partial charge in [-0.25, -0.2) is 8.42 Å². The first-order valence-electron chi connectivity index (χ1n) is 5.28. The van der Waals surface area contributed by atoms with Crippen LogP contribution in [0.3, 0.4) is 0 Å². The highest BCUT2D eigenvalue weighted by atomic mass is 35.5. The second kappa shape index (κ2) is 4.44. The van der Waals surface area contributed by atoms with E-state index in [1.165, 1.54) is 6.07 Å². The zero-order valence-electron chi connectivity index (χ0n) is 9.60. The van der Waals surface area contributed by atoms with Gasteiger partial charge in [-0.05, 0) is 37.6 Å². The standard InChI is InChI=1S/C12H13ClO3S/c1-8(2)16-7-11-5-9-3-4-10(13)6-12(9)17(11,14)15/h3-6,8H,7H2,1-2H3. The van der Waals surface area contributed by atoms with Crippen LogP contribution < -0.4 is 0 Å². The Morgan fingerprint density at radius 3 is 2.71 bits per heavy atom. The Bertz CT molecular complexity index is 573. The lowest BCUT2D eigenvalue weighted by molar-refractivity contribution is 0.101. The van der Waals surface area contributed by atoms with Crippen molar-refractivity contribution in [3.05, 3.63) is 33.7 Å². The second-order valence-corrected chi connectivity index (χ2v) is 6.56. The molecular weight excluding hydrogens is 260 g/mol. The van der Waals surface area contributed by atoms with Crippen molar-refractivity contribution in [1.29, 1.82) is 0 Å². The molecule has 2 rings (SSSR count). The SMILES string of the molecule is CC(C)OCC1=Cc2ccc(Cl)cc2S1(=O)=O. The van der Waals surface area contributed by atoms with E-state index in [4.69, 9.17) is 16.3 Å². The molecule has 0 amide bonds. The molecule has 0 saturated heterocycles.